The molecule has 0 N–H and O–H groups in total. The first kappa shape index (κ1) is 11.9. The van der Waals surface area contributed by atoms with Gasteiger partial charge in [0.2, 0.25) is 0 Å². The van der Waals surface area contributed by atoms with Gasteiger partial charge in [-0.15, -0.1) is 11.3 Å². The van der Waals surface area contributed by atoms with Crippen LogP contribution >= 0.6 is 11.3 Å². The van der Waals surface area contributed by atoms with E-state index in [-0.39, 0.29) is 0 Å². The zero-order valence-corrected chi connectivity index (χ0v) is 12.2. The van der Waals surface area contributed by atoms with E-state index >= 15 is 0 Å². The summed E-state index contributed by atoms with van der Waals surface area (Å²) in [7, 11) is 0. The quantitative estimate of drug-likeness (QED) is 0.784. The van der Waals surface area contributed by atoms with E-state index in [2.05, 4.69) is 36.0 Å². The second kappa shape index (κ2) is 4.19. The molecule has 18 heavy (non-hydrogen) atoms. The average Bonchev–Trinajstić information content (AvgIpc) is 2.83. The Morgan fingerprint density at radius 1 is 1.17 bits per heavy atom. The molecule has 3 heterocycles. The smallest absolute Gasteiger partial charge is 0.141 e. The maximum Gasteiger partial charge on any atom is 0.141 e. The summed E-state index contributed by atoms with van der Waals surface area (Å²) in [5.41, 5.74) is 1.30. The zero-order valence-electron chi connectivity index (χ0n) is 11.4. The predicted molar refractivity (Wildman–Crippen MR) is 77.5 cm³/mol. The number of anilines is 1. The maximum atomic E-state index is 4.74. The van der Waals surface area contributed by atoms with Crippen LogP contribution in [0.4, 0.5) is 5.82 Å². The molecule has 0 bridgehead atoms. The number of thiophene rings is 1. The Bertz CT molecular complexity index is 580. The summed E-state index contributed by atoms with van der Waals surface area (Å²) < 4.78 is 0. The molecule has 2 aromatic heterocycles. The van der Waals surface area contributed by atoms with Crippen molar-refractivity contribution in [3.05, 3.63) is 16.8 Å². The van der Waals surface area contributed by atoms with Gasteiger partial charge < -0.3 is 4.90 Å². The molecule has 0 aliphatic carbocycles. The minimum Gasteiger partial charge on any atom is -0.351 e. The lowest BCUT2D eigenvalue weighted by Crippen LogP contribution is -2.33. The highest BCUT2D eigenvalue weighted by Gasteiger charge is 2.30. The van der Waals surface area contributed by atoms with Gasteiger partial charge in [-0.05, 0) is 51.5 Å². The topological polar surface area (TPSA) is 29.0 Å². The molecule has 2 aromatic rings. The van der Waals surface area contributed by atoms with E-state index < -0.39 is 0 Å². The van der Waals surface area contributed by atoms with Crippen LogP contribution < -0.4 is 4.90 Å². The van der Waals surface area contributed by atoms with Crippen LogP contribution in [-0.2, 0) is 0 Å². The van der Waals surface area contributed by atoms with Gasteiger partial charge in [0, 0.05) is 12.1 Å². The Morgan fingerprint density at radius 2 is 1.83 bits per heavy atom. The summed E-state index contributed by atoms with van der Waals surface area (Å²) in [5, 5.41) is 3.44. The fourth-order valence-corrected chi connectivity index (χ4v) is 3.93. The molecule has 3 rings (SSSR count). The first-order valence-electron chi connectivity index (χ1n) is 6.58. The molecule has 1 saturated heterocycles. The van der Waals surface area contributed by atoms with Crippen molar-refractivity contribution in [3.8, 4) is 0 Å². The lowest BCUT2D eigenvalue weighted by Gasteiger charge is -2.28. The lowest BCUT2D eigenvalue weighted by molar-refractivity contribution is 0.684. The van der Waals surface area contributed by atoms with Gasteiger partial charge >= 0.3 is 0 Å². The fraction of sp³-hybridized carbons (Fsp3) is 0.571. The average molecular weight is 261 g/mol. The molecule has 1 fully saturated rings. The van der Waals surface area contributed by atoms with Crippen LogP contribution in [0.2, 0.25) is 0 Å². The van der Waals surface area contributed by atoms with Crippen LogP contribution in [-0.4, -0.2) is 22.1 Å². The van der Waals surface area contributed by atoms with E-state index in [1.54, 1.807) is 11.3 Å². The van der Waals surface area contributed by atoms with Crippen molar-refractivity contribution in [2.45, 2.75) is 52.6 Å². The van der Waals surface area contributed by atoms with Crippen molar-refractivity contribution < 1.29 is 0 Å². The number of aromatic nitrogens is 2. The lowest BCUT2D eigenvalue weighted by atomic mass is 10.2. The number of hydrogen-bond donors (Lipinski definition) is 0. The maximum absolute atomic E-state index is 4.74. The van der Waals surface area contributed by atoms with Crippen LogP contribution in [0.15, 0.2) is 5.38 Å². The molecule has 0 amide bonds. The fourth-order valence-electron chi connectivity index (χ4n) is 2.97. The monoisotopic (exact) mass is 261 g/mol. The van der Waals surface area contributed by atoms with Crippen molar-refractivity contribution in [1.82, 2.24) is 9.97 Å². The molecule has 1 aliphatic rings. The van der Waals surface area contributed by atoms with Gasteiger partial charge in [0.15, 0.2) is 0 Å². The highest BCUT2D eigenvalue weighted by atomic mass is 32.1. The van der Waals surface area contributed by atoms with Gasteiger partial charge in [-0.2, -0.15) is 0 Å². The third kappa shape index (κ3) is 1.70. The normalized spacial score (nSPS) is 24.1. The zero-order chi connectivity index (χ0) is 12.9. The van der Waals surface area contributed by atoms with Crippen LogP contribution in [0, 0.1) is 13.8 Å². The van der Waals surface area contributed by atoms with Crippen LogP contribution in [0.3, 0.4) is 0 Å². The standard InChI is InChI=1S/C14H19N3S/c1-8-7-18-14-12(8)13(15-11(4)16-14)17-9(2)5-6-10(17)3/h7,9-10H,5-6H2,1-4H3. The Kier molecular flexibility index (Phi) is 2.77. The molecule has 2 unspecified atom stereocenters. The van der Waals surface area contributed by atoms with Crippen LogP contribution in [0.5, 0.6) is 0 Å². The molecule has 2 atom stereocenters. The number of hydrogen-bond acceptors (Lipinski definition) is 4. The Balaban J connectivity index is 2.24. The summed E-state index contributed by atoms with van der Waals surface area (Å²) in [6.07, 6.45) is 2.52. The van der Waals surface area contributed by atoms with Crippen LogP contribution in [0.1, 0.15) is 38.1 Å². The van der Waals surface area contributed by atoms with Crippen molar-refractivity contribution in [1.29, 1.82) is 0 Å². The van der Waals surface area contributed by atoms with Crippen molar-refractivity contribution in [2.75, 3.05) is 4.90 Å². The van der Waals surface area contributed by atoms with Gasteiger partial charge in [0.05, 0.1) is 5.39 Å². The van der Waals surface area contributed by atoms with E-state index in [0.29, 0.717) is 12.1 Å². The van der Waals surface area contributed by atoms with Crippen molar-refractivity contribution in [3.63, 3.8) is 0 Å². The highest BCUT2D eigenvalue weighted by Crippen LogP contribution is 2.37. The molecule has 4 heteroatoms. The summed E-state index contributed by atoms with van der Waals surface area (Å²) in [6.45, 7) is 8.75. The minimum atomic E-state index is 0.580. The molecule has 1 aliphatic heterocycles. The summed E-state index contributed by atoms with van der Waals surface area (Å²) >= 11 is 1.73. The molecule has 0 aromatic carbocycles. The van der Waals surface area contributed by atoms with Crippen molar-refractivity contribution >= 4 is 27.4 Å². The number of fused-ring (bicyclic) bond motifs is 1. The molecule has 96 valence electrons. The highest BCUT2D eigenvalue weighted by molar-refractivity contribution is 7.17. The Morgan fingerprint density at radius 3 is 2.50 bits per heavy atom. The Hall–Kier alpha value is -1.16. The Labute approximate surface area is 112 Å². The van der Waals surface area contributed by atoms with Gasteiger partial charge in [0.25, 0.3) is 0 Å². The van der Waals surface area contributed by atoms with Gasteiger partial charge in [-0.25, -0.2) is 9.97 Å². The number of aryl methyl sites for hydroxylation is 2. The van der Waals surface area contributed by atoms with Gasteiger partial charge in [-0.3, -0.25) is 0 Å². The van der Waals surface area contributed by atoms with E-state index in [1.165, 1.54) is 23.8 Å². The molecular weight excluding hydrogens is 242 g/mol. The third-order valence-electron chi connectivity index (χ3n) is 3.91. The van der Waals surface area contributed by atoms with Gasteiger partial charge in [-0.1, -0.05) is 0 Å². The van der Waals surface area contributed by atoms with E-state index in [9.17, 15) is 0 Å². The minimum absolute atomic E-state index is 0.580. The molecule has 0 radical (unpaired) electrons. The van der Waals surface area contributed by atoms with Crippen LogP contribution in [0.25, 0.3) is 10.2 Å². The van der Waals surface area contributed by atoms with E-state index in [1.807, 2.05) is 6.92 Å². The van der Waals surface area contributed by atoms with E-state index in [0.717, 1.165) is 16.5 Å². The summed E-state index contributed by atoms with van der Waals surface area (Å²) in [4.78, 5) is 12.9. The van der Waals surface area contributed by atoms with Gasteiger partial charge in [0.1, 0.15) is 16.5 Å². The SMILES string of the molecule is Cc1nc(N2C(C)CCC2C)c2c(C)csc2n1. The second-order valence-corrected chi connectivity index (χ2v) is 6.23. The second-order valence-electron chi connectivity index (χ2n) is 5.38. The third-order valence-corrected chi connectivity index (χ3v) is 4.90. The largest absolute Gasteiger partial charge is 0.351 e. The molecule has 0 saturated carbocycles. The molecule has 0 spiro atoms. The first-order valence-corrected chi connectivity index (χ1v) is 7.46. The predicted octanol–water partition coefficient (Wildman–Crippen LogP) is 3.69. The van der Waals surface area contributed by atoms with Crippen molar-refractivity contribution in [2.24, 2.45) is 0 Å². The number of rotatable bonds is 1. The summed E-state index contributed by atoms with van der Waals surface area (Å²) in [6, 6.07) is 1.16. The number of nitrogens with zero attached hydrogens (tertiary/aromatic N) is 3. The molecule has 3 nitrogen and oxygen atoms in total. The first-order chi connectivity index (χ1) is 8.58. The van der Waals surface area contributed by atoms with E-state index in [4.69, 9.17) is 4.98 Å². The molecular formula is C14H19N3S. The summed E-state index contributed by atoms with van der Waals surface area (Å²) in [5.74, 6) is 2.03.